The highest BCUT2D eigenvalue weighted by Crippen LogP contribution is 2.28. The summed E-state index contributed by atoms with van der Waals surface area (Å²) in [4.78, 5) is 27.8. The van der Waals surface area contributed by atoms with Crippen LogP contribution in [0.1, 0.15) is 41.6 Å². The normalized spacial score (nSPS) is 14.9. The van der Waals surface area contributed by atoms with Gasteiger partial charge in [0.05, 0.1) is 5.56 Å². The lowest BCUT2D eigenvalue weighted by Gasteiger charge is -2.32. The van der Waals surface area contributed by atoms with E-state index in [2.05, 4.69) is 45.6 Å². The van der Waals surface area contributed by atoms with Crippen molar-refractivity contribution in [1.29, 1.82) is 0 Å². The van der Waals surface area contributed by atoms with Crippen molar-refractivity contribution < 1.29 is 4.79 Å². The van der Waals surface area contributed by atoms with E-state index in [1.807, 2.05) is 30.3 Å². The van der Waals surface area contributed by atoms with Crippen molar-refractivity contribution in [3.8, 4) is 11.3 Å². The molecule has 32 heavy (non-hydrogen) atoms. The molecule has 0 radical (unpaired) electrons. The summed E-state index contributed by atoms with van der Waals surface area (Å²) >= 11 is 0. The van der Waals surface area contributed by atoms with E-state index in [9.17, 15) is 9.59 Å². The number of nitrogens with zero attached hydrogens (tertiary/aromatic N) is 3. The Kier molecular flexibility index (Phi) is 6.81. The number of anilines is 1. The average Bonchev–Trinajstić information content (AvgIpc) is 2.83. The third-order valence-corrected chi connectivity index (χ3v) is 6.23. The quantitative estimate of drug-likeness (QED) is 0.575. The van der Waals surface area contributed by atoms with Crippen LogP contribution in [0, 0.1) is 0 Å². The number of aryl methyl sites for hydroxylation is 1. The zero-order valence-electron chi connectivity index (χ0n) is 18.8. The van der Waals surface area contributed by atoms with Gasteiger partial charge in [-0.05, 0) is 44.3 Å². The van der Waals surface area contributed by atoms with E-state index in [0.29, 0.717) is 29.4 Å². The number of carbonyl (C=O) groups is 1. The van der Waals surface area contributed by atoms with Gasteiger partial charge in [-0.1, -0.05) is 60.7 Å². The van der Waals surface area contributed by atoms with Crippen LogP contribution in [0.15, 0.2) is 65.5 Å². The molecular formula is C26H30N4O2. The Balaban J connectivity index is 1.45. The molecule has 0 amide bonds. The minimum atomic E-state index is -0.280. The van der Waals surface area contributed by atoms with Crippen LogP contribution in [-0.2, 0) is 7.05 Å². The molecule has 0 bridgehead atoms. The van der Waals surface area contributed by atoms with Crippen molar-refractivity contribution >= 4 is 11.5 Å². The van der Waals surface area contributed by atoms with Gasteiger partial charge in [0.15, 0.2) is 5.78 Å². The molecule has 4 rings (SSSR count). The van der Waals surface area contributed by atoms with Gasteiger partial charge in [-0.25, -0.2) is 4.68 Å². The number of aromatic nitrogens is 2. The Hall–Kier alpha value is -3.25. The Morgan fingerprint density at radius 1 is 1.03 bits per heavy atom. The molecule has 0 aliphatic carbocycles. The van der Waals surface area contributed by atoms with E-state index in [4.69, 9.17) is 0 Å². The first-order chi connectivity index (χ1) is 15.5. The summed E-state index contributed by atoms with van der Waals surface area (Å²) in [5.74, 6) is 0.450. The number of likely N-dealkylation sites (tertiary alicyclic amines) is 1. The molecule has 6 heteroatoms. The van der Waals surface area contributed by atoms with Crippen LogP contribution in [0.25, 0.3) is 11.3 Å². The van der Waals surface area contributed by atoms with Gasteiger partial charge in [0.25, 0.3) is 5.56 Å². The van der Waals surface area contributed by atoms with Gasteiger partial charge in [-0.3, -0.25) is 9.59 Å². The SMILES string of the molecule is CC(=O)c1c(-c2ccccc2)nn(C)c(=O)c1NCCN1CCC(c2ccccc2)CC1. The van der Waals surface area contributed by atoms with Crippen LogP contribution >= 0.6 is 0 Å². The molecule has 2 heterocycles. The van der Waals surface area contributed by atoms with Gasteiger partial charge in [-0.2, -0.15) is 5.10 Å². The first kappa shape index (κ1) is 22.0. The number of hydrogen-bond donors (Lipinski definition) is 1. The molecule has 1 aliphatic heterocycles. The molecule has 0 spiro atoms. The molecule has 3 aromatic rings. The molecule has 2 aromatic carbocycles. The zero-order chi connectivity index (χ0) is 22.5. The van der Waals surface area contributed by atoms with Gasteiger partial charge < -0.3 is 10.2 Å². The maximum Gasteiger partial charge on any atom is 0.290 e. The lowest BCUT2D eigenvalue weighted by molar-refractivity contribution is 0.101. The summed E-state index contributed by atoms with van der Waals surface area (Å²) in [7, 11) is 1.62. The van der Waals surface area contributed by atoms with Crippen molar-refractivity contribution in [3.05, 3.63) is 82.1 Å². The van der Waals surface area contributed by atoms with Gasteiger partial charge in [0.2, 0.25) is 0 Å². The molecule has 1 fully saturated rings. The number of carbonyl (C=O) groups excluding carboxylic acids is 1. The standard InChI is InChI=1S/C26H30N4O2/c1-19(31)23-24(22-11-7-4-8-12-22)28-29(2)26(32)25(23)27-15-18-30-16-13-21(14-17-30)20-9-5-3-6-10-20/h3-12,21,27H,13-18H2,1-2H3. The number of rotatable bonds is 7. The minimum absolute atomic E-state index is 0.166. The van der Waals surface area contributed by atoms with Crippen LogP contribution < -0.4 is 10.9 Å². The Labute approximate surface area is 188 Å². The van der Waals surface area contributed by atoms with E-state index in [0.717, 1.165) is 38.0 Å². The second-order valence-electron chi connectivity index (χ2n) is 8.40. The van der Waals surface area contributed by atoms with Crippen molar-refractivity contribution in [2.24, 2.45) is 7.05 Å². The predicted octanol–water partition coefficient (Wildman–Crippen LogP) is 3.94. The zero-order valence-corrected chi connectivity index (χ0v) is 18.8. The largest absolute Gasteiger partial charge is 0.379 e. The highest BCUT2D eigenvalue weighted by atomic mass is 16.1. The topological polar surface area (TPSA) is 67.2 Å². The summed E-state index contributed by atoms with van der Waals surface area (Å²) < 4.78 is 1.31. The van der Waals surface area contributed by atoms with Crippen molar-refractivity contribution in [1.82, 2.24) is 14.7 Å². The molecule has 1 N–H and O–H groups in total. The number of hydrogen-bond acceptors (Lipinski definition) is 5. The first-order valence-corrected chi connectivity index (χ1v) is 11.2. The van der Waals surface area contributed by atoms with Crippen LogP contribution in [0.4, 0.5) is 5.69 Å². The summed E-state index contributed by atoms with van der Waals surface area (Å²) in [6.45, 7) is 4.98. The van der Waals surface area contributed by atoms with E-state index in [1.165, 1.54) is 17.2 Å². The first-order valence-electron chi connectivity index (χ1n) is 11.2. The molecule has 166 valence electrons. The molecule has 6 nitrogen and oxygen atoms in total. The molecule has 0 unspecified atom stereocenters. The fourth-order valence-corrected chi connectivity index (χ4v) is 4.49. The van der Waals surface area contributed by atoms with Crippen LogP contribution in [0.2, 0.25) is 0 Å². The lowest BCUT2D eigenvalue weighted by atomic mass is 9.89. The van der Waals surface area contributed by atoms with Crippen molar-refractivity contribution in [3.63, 3.8) is 0 Å². The van der Waals surface area contributed by atoms with Gasteiger partial charge in [-0.15, -0.1) is 0 Å². The number of piperidine rings is 1. The Morgan fingerprint density at radius 2 is 1.66 bits per heavy atom. The van der Waals surface area contributed by atoms with Crippen LogP contribution in [0.3, 0.4) is 0 Å². The maximum atomic E-state index is 12.8. The number of Topliss-reactive ketones (excluding diaryl/α,β-unsaturated/α-hetero) is 1. The predicted molar refractivity (Wildman–Crippen MR) is 128 cm³/mol. The van der Waals surface area contributed by atoms with E-state index < -0.39 is 0 Å². The molecule has 1 aromatic heterocycles. The monoisotopic (exact) mass is 430 g/mol. The van der Waals surface area contributed by atoms with Gasteiger partial charge in [0.1, 0.15) is 11.4 Å². The second kappa shape index (κ2) is 9.92. The third kappa shape index (κ3) is 4.81. The minimum Gasteiger partial charge on any atom is -0.379 e. The number of benzene rings is 2. The Morgan fingerprint density at radius 3 is 2.28 bits per heavy atom. The third-order valence-electron chi connectivity index (χ3n) is 6.23. The summed E-state index contributed by atoms with van der Waals surface area (Å²) in [6, 6.07) is 20.2. The van der Waals surface area contributed by atoms with Crippen molar-refractivity contribution in [2.45, 2.75) is 25.7 Å². The summed E-state index contributed by atoms with van der Waals surface area (Å²) in [5.41, 5.74) is 3.20. The maximum absolute atomic E-state index is 12.8. The van der Waals surface area contributed by atoms with E-state index in [1.54, 1.807) is 7.05 Å². The van der Waals surface area contributed by atoms with E-state index >= 15 is 0 Å². The summed E-state index contributed by atoms with van der Waals surface area (Å²) in [6.07, 6.45) is 2.27. The Bertz CT molecular complexity index is 1120. The van der Waals surface area contributed by atoms with Gasteiger partial charge >= 0.3 is 0 Å². The highest BCUT2D eigenvalue weighted by Gasteiger charge is 2.22. The van der Waals surface area contributed by atoms with E-state index in [-0.39, 0.29) is 11.3 Å². The highest BCUT2D eigenvalue weighted by molar-refractivity contribution is 6.04. The van der Waals surface area contributed by atoms with Gasteiger partial charge in [0, 0.05) is 25.7 Å². The summed E-state index contributed by atoms with van der Waals surface area (Å²) in [5, 5.41) is 7.66. The average molecular weight is 431 g/mol. The second-order valence-corrected chi connectivity index (χ2v) is 8.40. The number of nitrogens with one attached hydrogen (secondary N) is 1. The molecule has 1 aliphatic rings. The lowest BCUT2D eigenvalue weighted by Crippen LogP contribution is -2.37. The number of ketones is 1. The van der Waals surface area contributed by atoms with Crippen LogP contribution in [-0.4, -0.2) is 46.6 Å². The molecular weight excluding hydrogens is 400 g/mol. The fourth-order valence-electron chi connectivity index (χ4n) is 4.49. The molecule has 0 atom stereocenters. The smallest absolute Gasteiger partial charge is 0.290 e. The molecule has 1 saturated heterocycles. The molecule has 0 saturated carbocycles. The fraction of sp³-hybridized carbons (Fsp3) is 0.346. The van der Waals surface area contributed by atoms with Crippen LogP contribution in [0.5, 0.6) is 0 Å². The van der Waals surface area contributed by atoms with Crippen molar-refractivity contribution in [2.75, 3.05) is 31.5 Å².